The van der Waals surface area contributed by atoms with Gasteiger partial charge < -0.3 is 0 Å². The normalized spacial score (nSPS) is 16.8. The van der Waals surface area contributed by atoms with E-state index in [1.165, 1.54) is 0 Å². The molecule has 2 unspecified atom stereocenters. The molecule has 10 heavy (non-hydrogen) atoms. The van der Waals surface area contributed by atoms with Crippen LogP contribution >= 0.6 is 55.1 Å². The van der Waals surface area contributed by atoms with Gasteiger partial charge in [0.05, 0.1) is 0 Å². The van der Waals surface area contributed by atoms with Crippen molar-refractivity contribution in [3.05, 3.63) is 0 Å². The monoisotopic (exact) mass is 310 g/mol. The Kier molecular flexibility index (Phi) is 8.31. The second-order valence-corrected chi connectivity index (χ2v) is 4.89. The van der Waals surface area contributed by atoms with Crippen LogP contribution in [0.1, 0.15) is 12.8 Å². The van der Waals surface area contributed by atoms with Gasteiger partial charge in [-0.2, -0.15) is 0 Å². The highest BCUT2D eigenvalue weighted by atomic mass is 79.9. The Hall–Kier alpha value is 1.54. The smallest absolute Gasteiger partial charge is 0.0472 e. The zero-order chi connectivity index (χ0) is 7.98. The number of hydrogen-bond donors (Lipinski definition) is 0. The summed E-state index contributed by atoms with van der Waals surface area (Å²) in [5, 5.41) is 1.14. The maximum atomic E-state index is 5.96. The van der Waals surface area contributed by atoms with Gasteiger partial charge in [0.25, 0.3) is 0 Å². The largest absolute Gasteiger partial charge is 0.127 e. The van der Waals surface area contributed by atoms with Crippen molar-refractivity contribution in [2.75, 3.05) is 11.2 Å². The van der Waals surface area contributed by atoms with Crippen LogP contribution in [0.3, 0.4) is 0 Å². The molecule has 4 heteroatoms. The molecule has 0 bridgehead atoms. The molecule has 0 spiro atoms. The third kappa shape index (κ3) is 5.22. The van der Waals surface area contributed by atoms with Gasteiger partial charge in [-0.3, -0.25) is 0 Å². The van der Waals surface area contributed by atoms with Gasteiger partial charge in [0.1, 0.15) is 0 Å². The highest BCUT2D eigenvalue weighted by Crippen LogP contribution is 2.20. The maximum absolute atomic E-state index is 5.96. The Morgan fingerprint density at radius 3 is 2.30 bits per heavy atom. The molecule has 0 N–H and O–H groups in total. The van der Waals surface area contributed by atoms with Gasteiger partial charge in [-0.1, -0.05) is 31.9 Å². The Morgan fingerprint density at radius 2 is 1.90 bits per heavy atom. The van der Waals surface area contributed by atoms with Crippen LogP contribution in [0.2, 0.25) is 0 Å². The molecule has 0 saturated heterocycles. The fraction of sp³-hybridized carbons (Fsp3) is 1.00. The molecule has 0 rings (SSSR count). The molecule has 0 radical (unpaired) electrons. The van der Waals surface area contributed by atoms with E-state index in [4.69, 9.17) is 23.2 Å². The lowest BCUT2D eigenvalue weighted by atomic mass is 10.2. The minimum absolute atomic E-state index is 0.162. The van der Waals surface area contributed by atoms with Crippen LogP contribution in [0.25, 0.3) is 0 Å². The molecule has 0 aliphatic heterocycles. The molecule has 0 aromatic rings. The summed E-state index contributed by atoms with van der Waals surface area (Å²) >= 11 is 18.3. The van der Waals surface area contributed by atoms with Crippen molar-refractivity contribution in [3.8, 4) is 0 Å². The molecule has 62 valence electrons. The summed E-state index contributed by atoms with van der Waals surface area (Å²) in [4.78, 5) is 0.382. The quantitative estimate of drug-likeness (QED) is 0.678. The predicted octanol–water partition coefficient (Wildman–Crippen LogP) is 3.77. The van der Waals surface area contributed by atoms with Crippen LogP contribution in [0.15, 0.2) is 0 Å². The molecule has 0 heterocycles. The summed E-state index contributed by atoms with van der Waals surface area (Å²) in [6.45, 7) is 0. The molecule has 0 aliphatic rings. The van der Waals surface area contributed by atoms with E-state index in [1.807, 2.05) is 0 Å². The summed E-state index contributed by atoms with van der Waals surface area (Å²) in [5.41, 5.74) is 0. The Balaban J connectivity index is 3.38. The first-order chi connectivity index (χ1) is 4.72. The summed E-state index contributed by atoms with van der Waals surface area (Å²) < 4.78 is 0. The van der Waals surface area contributed by atoms with Crippen molar-refractivity contribution in [2.45, 2.75) is 23.0 Å². The van der Waals surface area contributed by atoms with Gasteiger partial charge in [0.2, 0.25) is 0 Å². The SMILES string of the molecule is ClCCC(Cl)C(Br)CCBr. The fourth-order valence-corrected chi connectivity index (χ4v) is 2.75. The lowest BCUT2D eigenvalue weighted by Crippen LogP contribution is -2.15. The van der Waals surface area contributed by atoms with Crippen molar-refractivity contribution < 1.29 is 0 Å². The van der Waals surface area contributed by atoms with Gasteiger partial charge in [-0.15, -0.1) is 23.2 Å². The topological polar surface area (TPSA) is 0 Å². The predicted molar refractivity (Wildman–Crippen MR) is 56.1 cm³/mol. The highest BCUT2D eigenvalue weighted by Gasteiger charge is 2.13. The fourth-order valence-electron chi connectivity index (χ4n) is 0.570. The Bertz CT molecular complexity index is 70.1. The first kappa shape index (κ1) is 11.5. The third-order valence-electron chi connectivity index (χ3n) is 1.16. The van der Waals surface area contributed by atoms with Crippen LogP contribution in [-0.4, -0.2) is 21.4 Å². The Morgan fingerprint density at radius 1 is 1.30 bits per heavy atom. The molecule has 0 aromatic heterocycles. The number of rotatable bonds is 5. The van der Waals surface area contributed by atoms with Crippen molar-refractivity contribution in [3.63, 3.8) is 0 Å². The molecular formula is C6H10Br2Cl2. The molecule has 0 saturated carbocycles. The van der Waals surface area contributed by atoms with Crippen molar-refractivity contribution in [1.82, 2.24) is 0 Å². The third-order valence-corrected chi connectivity index (χ3v) is 3.76. The van der Waals surface area contributed by atoms with Crippen LogP contribution < -0.4 is 0 Å². The minimum atomic E-state index is 0.162. The molecule has 0 nitrogen and oxygen atoms in total. The molecule has 2 atom stereocenters. The molecule has 0 fully saturated rings. The average molecular weight is 313 g/mol. The van der Waals surface area contributed by atoms with E-state index in [9.17, 15) is 0 Å². The maximum Gasteiger partial charge on any atom is 0.0472 e. The van der Waals surface area contributed by atoms with E-state index in [0.29, 0.717) is 10.7 Å². The van der Waals surface area contributed by atoms with Gasteiger partial charge in [-0.25, -0.2) is 0 Å². The number of alkyl halides is 4. The zero-order valence-corrected chi connectivity index (χ0v) is 10.2. The van der Waals surface area contributed by atoms with Gasteiger partial charge in [0.15, 0.2) is 0 Å². The highest BCUT2D eigenvalue weighted by molar-refractivity contribution is 9.10. The van der Waals surface area contributed by atoms with E-state index >= 15 is 0 Å². The van der Waals surface area contributed by atoms with Gasteiger partial charge >= 0.3 is 0 Å². The summed E-state index contributed by atoms with van der Waals surface area (Å²) in [6, 6.07) is 0. The molecular weight excluding hydrogens is 303 g/mol. The Labute approximate surface area is 88.9 Å². The summed E-state index contributed by atoms with van der Waals surface area (Å²) in [6.07, 6.45) is 1.91. The van der Waals surface area contributed by atoms with Crippen molar-refractivity contribution in [2.24, 2.45) is 0 Å². The summed E-state index contributed by atoms with van der Waals surface area (Å²) in [5.74, 6) is 0.637. The van der Waals surface area contributed by atoms with Crippen molar-refractivity contribution in [1.29, 1.82) is 0 Å². The van der Waals surface area contributed by atoms with Crippen LogP contribution in [0, 0.1) is 0 Å². The van der Waals surface area contributed by atoms with Gasteiger partial charge in [-0.05, 0) is 12.8 Å². The van der Waals surface area contributed by atoms with Gasteiger partial charge in [0, 0.05) is 21.4 Å². The number of hydrogen-bond acceptors (Lipinski definition) is 0. The summed E-state index contributed by atoms with van der Waals surface area (Å²) in [7, 11) is 0. The van der Waals surface area contributed by atoms with E-state index in [2.05, 4.69) is 31.9 Å². The lowest BCUT2D eigenvalue weighted by molar-refractivity contribution is 0.748. The van der Waals surface area contributed by atoms with E-state index in [-0.39, 0.29) is 5.38 Å². The van der Waals surface area contributed by atoms with Crippen LogP contribution in [0.4, 0.5) is 0 Å². The standard InChI is InChI=1S/C6H10Br2Cl2/c7-3-1-5(8)6(10)2-4-9/h5-6H,1-4H2. The molecule has 0 aliphatic carbocycles. The van der Waals surface area contributed by atoms with Crippen LogP contribution in [0.5, 0.6) is 0 Å². The average Bonchev–Trinajstić information content (AvgIpc) is 1.89. The molecule has 0 aromatic carbocycles. The first-order valence-electron chi connectivity index (χ1n) is 3.12. The second kappa shape index (κ2) is 7.20. The minimum Gasteiger partial charge on any atom is -0.127 e. The number of halogens is 4. The zero-order valence-electron chi connectivity index (χ0n) is 5.49. The van der Waals surface area contributed by atoms with Crippen LogP contribution in [-0.2, 0) is 0 Å². The van der Waals surface area contributed by atoms with E-state index in [0.717, 1.165) is 18.2 Å². The lowest BCUT2D eigenvalue weighted by Gasteiger charge is -2.12. The van der Waals surface area contributed by atoms with Crippen molar-refractivity contribution >= 4 is 55.1 Å². The first-order valence-corrected chi connectivity index (χ1v) is 6.13. The van der Waals surface area contributed by atoms with E-state index in [1.54, 1.807) is 0 Å². The second-order valence-electron chi connectivity index (χ2n) is 1.99. The molecule has 0 amide bonds. The van der Waals surface area contributed by atoms with E-state index < -0.39 is 0 Å².